The highest BCUT2D eigenvalue weighted by atomic mass is 19.3. The van der Waals surface area contributed by atoms with Gasteiger partial charge in [0.15, 0.2) is 0 Å². The number of carbonyl (C=O) groups excluding carboxylic acids is 1. The lowest BCUT2D eigenvalue weighted by Crippen LogP contribution is -2.07. The molecule has 0 bridgehead atoms. The van der Waals surface area contributed by atoms with Gasteiger partial charge in [0.1, 0.15) is 5.82 Å². The third kappa shape index (κ3) is 3.64. The summed E-state index contributed by atoms with van der Waals surface area (Å²) in [5, 5.41) is 3.41. The quantitative estimate of drug-likeness (QED) is 0.446. The van der Waals surface area contributed by atoms with Crippen molar-refractivity contribution in [1.82, 2.24) is 14.5 Å². The number of hydrogen-bond donors (Lipinski definition) is 2. The van der Waals surface area contributed by atoms with Gasteiger partial charge in [-0.1, -0.05) is 6.58 Å². The maximum absolute atomic E-state index is 13.2. The molecule has 1 amide bonds. The summed E-state index contributed by atoms with van der Waals surface area (Å²) >= 11 is 0. The van der Waals surface area contributed by atoms with Gasteiger partial charge in [-0.05, 0) is 54.1 Å². The lowest BCUT2D eigenvalue weighted by Gasteiger charge is -2.07. The second-order valence-electron chi connectivity index (χ2n) is 6.36. The zero-order valence-electron chi connectivity index (χ0n) is 15.0. The van der Waals surface area contributed by atoms with Crippen LogP contribution in [0.4, 0.5) is 18.9 Å². The lowest BCUT2D eigenvalue weighted by molar-refractivity contribution is -0.111. The molecule has 0 saturated heterocycles. The minimum atomic E-state index is -2.71. The Morgan fingerprint density at radius 2 is 1.97 bits per heavy atom. The molecule has 4 rings (SSSR count). The molecule has 2 heterocycles. The fourth-order valence-corrected chi connectivity index (χ4v) is 3.08. The van der Waals surface area contributed by atoms with Gasteiger partial charge in [0.2, 0.25) is 5.91 Å². The van der Waals surface area contributed by atoms with Crippen molar-refractivity contribution in [3.05, 3.63) is 73.5 Å². The number of carbonyl (C=O) groups is 1. The van der Waals surface area contributed by atoms with E-state index in [0.29, 0.717) is 32.7 Å². The number of alkyl halides is 2. The van der Waals surface area contributed by atoms with Crippen LogP contribution in [-0.2, 0) is 4.79 Å². The number of halogens is 3. The van der Waals surface area contributed by atoms with Crippen molar-refractivity contribution in [2.24, 2.45) is 0 Å². The van der Waals surface area contributed by atoms with Gasteiger partial charge >= 0.3 is 6.55 Å². The zero-order valence-corrected chi connectivity index (χ0v) is 15.0. The zero-order chi connectivity index (χ0) is 20.5. The molecule has 0 unspecified atom stereocenters. The molecular weight excluding hydrogens is 381 g/mol. The Hall–Kier alpha value is -3.81. The normalized spacial score (nSPS) is 11.2. The minimum absolute atomic E-state index is 0.317. The molecule has 0 atom stereocenters. The molecule has 0 aliphatic rings. The van der Waals surface area contributed by atoms with Crippen LogP contribution < -0.4 is 5.32 Å². The molecule has 2 N–H and O–H groups in total. The van der Waals surface area contributed by atoms with E-state index in [-0.39, 0.29) is 5.82 Å². The van der Waals surface area contributed by atoms with E-state index in [2.05, 4.69) is 21.9 Å². The van der Waals surface area contributed by atoms with Gasteiger partial charge < -0.3 is 10.3 Å². The van der Waals surface area contributed by atoms with Crippen LogP contribution in [0.3, 0.4) is 0 Å². The van der Waals surface area contributed by atoms with Crippen LogP contribution in [0.1, 0.15) is 6.55 Å². The average Bonchev–Trinajstić information content (AvgIpc) is 3.35. The summed E-state index contributed by atoms with van der Waals surface area (Å²) in [6.07, 6.45) is 3.41. The predicted molar refractivity (Wildman–Crippen MR) is 105 cm³/mol. The summed E-state index contributed by atoms with van der Waals surface area (Å²) in [6.45, 7) is 0.711. The van der Waals surface area contributed by atoms with Crippen molar-refractivity contribution in [2.75, 3.05) is 5.32 Å². The second-order valence-corrected chi connectivity index (χ2v) is 6.36. The molecular formula is C21H15F3N4O. The summed E-state index contributed by atoms with van der Waals surface area (Å²) in [5.74, 6) is -0.750. The Balaban J connectivity index is 1.88. The van der Waals surface area contributed by atoms with E-state index >= 15 is 0 Å². The van der Waals surface area contributed by atoms with E-state index in [1.54, 1.807) is 24.3 Å². The molecule has 2 aromatic heterocycles. The van der Waals surface area contributed by atoms with Gasteiger partial charge in [0.05, 0.1) is 17.5 Å². The lowest BCUT2D eigenvalue weighted by atomic mass is 10.1. The average molecular weight is 396 g/mol. The van der Waals surface area contributed by atoms with Crippen LogP contribution in [0, 0.1) is 5.82 Å². The van der Waals surface area contributed by atoms with E-state index in [1.807, 2.05) is 6.07 Å². The van der Waals surface area contributed by atoms with Crippen LogP contribution in [0.2, 0.25) is 0 Å². The predicted octanol–water partition coefficient (Wildman–Crippen LogP) is 5.36. The number of anilines is 1. The molecule has 5 nitrogen and oxygen atoms in total. The Labute approximate surface area is 163 Å². The van der Waals surface area contributed by atoms with Crippen LogP contribution in [-0.4, -0.2) is 20.4 Å². The molecule has 0 fully saturated rings. The van der Waals surface area contributed by atoms with Crippen molar-refractivity contribution in [3.63, 3.8) is 0 Å². The first-order chi connectivity index (χ1) is 13.9. The first-order valence-electron chi connectivity index (χ1n) is 8.62. The van der Waals surface area contributed by atoms with E-state index in [1.165, 1.54) is 18.3 Å². The summed E-state index contributed by atoms with van der Waals surface area (Å²) in [4.78, 5) is 19.0. The van der Waals surface area contributed by atoms with Gasteiger partial charge in [-0.15, -0.1) is 0 Å². The number of fused-ring (bicyclic) bond motifs is 1. The van der Waals surface area contributed by atoms with Crippen LogP contribution in [0.15, 0.2) is 67.6 Å². The molecule has 0 aliphatic carbocycles. The van der Waals surface area contributed by atoms with Gasteiger partial charge in [-0.2, -0.15) is 8.78 Å². The van der Waals surface area contributed by atoms with E-state index in [9.17, 15) is 18.0 Å². The molecule has 29 heavy (non-hydrogen) atoms. The number of nitrogens with zero attached hydrogens (tertiary/aromatic N) is 2. The standard InChI is InChI=1S/C21H15F3N4O/c1-2-19(29)26-15-7-13-8-17(12-3-5-14(22)6-4-12)27-20(13)16(9-15)18-10-28(11-25-18)21(23)24/h2-11,21,27H,1H2,(H,26,29). The Morgan fingerprint density at radius 1 is 1.21 bits per heavy atom. The number of amides is 1. The van der Waals surface area contributed by atoms with Crippen LogP contribution in [0.5, 0.6) is 0 Å². The number of hydrogen-bond acceptors (Lipinski definition) is 2. The molecule has 2 aromatic carbocycles. The van der Waals surface area contributed by atoms with Gasteiger partial charge in [-0.25, -0.2) is 9.37 Å². The number of benzene rings is 2. The first-order valence-corrected chi connectivity index (χ1v) is 8.62. The van der Waals surface area contributed by atoms with E-state index < -0.39 is 12.5 Å². The number of rotatable bonds is 5. The van der Waals surface area contributed by atoms with Crippen LogP contribution >= 0.6 is 0 Å². The summed E-state index contributed by atoms with van der Waals surface area (Å²) in [5.41, 5.74) is 3.44. The Bertz CT molecular complexity index is 1210. The van der Waals surface area contributed by atoms with Gasteiger partial charge in [0, 0.05) is 28.5 Å². The monoisotopic (exact) mass is 396 g/mol. The largest absolute Gasteiger partial charge is 0.354 e. The molecule has 146 valence electrons. The highest BCUT2D eigenvalue weighted by Crippen LogP contribution is 2.34. The van der Waals surface area contributed by atoms with Crippen molar-refractivity contribution in [3.8, 4) is 22.5 Å². The highest BCUT2D eigenvalue weighted by molar-refractivity contribution is 6.04. The smallest absolute Gasteiger partial charge is 0.319 e. The number of imidazole rings is 1. The highest BCUT2D eigenvalue weighted by Gasteiger charge is 2.15. The first kappa shape index (κ1) is 18.5. The number of H-pyrrole nitrogens is 1. The fraction of sp³-hybridized carbons (Fsp3) is 0.0476. The minimum Gasteiger partial charge on any atom is -0.354 e. The molecule has 0 aliphatic heterocycles. The topological polar surface area (TPSA) is 62.7 Å². The number of nitrogens with one attached hydrogen (secondary N) is 2. The number of aromatic amines is 1. The van der Waals surface area contributed by atoms with E-state index in [4.69, 9.17) is 0 Å². The maximum Gasteiger partial charge on any atom is 0.319 e. The second kappa shape index (κ2) is 7.31. The van der Waals surface area contributed by atoms with E-state index in [0.717, 1.165) is 23.4 Å². The molecule has 0 radical (unpaired) electrons. The Morgan fingerprint density at radius 3 is 2.62 bits per heavy atom. The van der Waals surface area contributed by atoms with Gasteiger partial charge in [0.25, 0.3) is 0 Å². The molecule has 8 heteroatoms. The van der Waals surface area contributed by atoms with Crippen LogP contribution in [0.25, 0.3) is 33.4 Å². The number of aromatic nitrogens is 3. The van der Waals surface area contributed by atoms with Crippen molar-refractivity contribution < 1.29 is 18.0 Å². The van der Waals surface area contributed by atoms with Crippen molar-refractivity contribution in [2.45, 2.75) is 6.55 Å². The summed E-state index contributed by atoms with van der Waals surface area (Å²) in [6, 6.07) is 11.2. The SMILES string of the molecule is C=CC(=O)Nc1cc(-c2cn(C(F)F)cn2)c2[nH]c(-c3ccc(F)cc3)cc2c1. The molecule has 4 aromatic rings. The third-order valence-electron chi connectivity index (χ3n) is 4.44. The summed E-state index contributed by atoms with van der Waals surface area (Å²) in [7, 11) is 0. The Kier molecular flexibility index (Phi) is 4.67. The molecule has 0 spiro atoms. The maximum atomic E-state index is 13.2. The van der Waals surface area contributed by atoms with Crippen molar-refractivity contribution in [1.29, 1.82) is 0 Å². The fourth-order valence-electron chi connectivity index (χ4n) is 3.08. The summed E-state index contributed by atoms with van der Waals surface area (Å²) < 4.78 is 39.9. The molecule has 0 saturated carbocycles. The third-order valence-corrected chi connectivity index (χ3v) is 4.44. The van der Waals surface area contributed by atoms with Gasteiger partial charge in [-0.3, -0.25) is 9.36 Å². The van der Waals surface area contributed by atoms with Crippen molar-refractivity contribution >= 4 is 22.5 Å².